The number of carbonyl (C=O) groups excluding carboxylic acids is 2. The van der Waals surface area contributed by atoms with E-state index in [0.717, 1.165) is 5.82 Å². The number of hydrogen-bond donors (Lipinski definition) is 5. The third-order valence-corrected chi connectivity index (χ3v) is 2.44. The molecule has 0 radical (unpaired) electrons. The first-order chi connectivity index (χ1) is 9.49. The van der Waals surface area contributed by atoms with Gasteiger partial charge in [-0.1, -0.05) is 0 Å². The van der Waals surface area contributed by atoms with Crippen LogP contribution in [0.3, 0.4) is 0 Å². The number of carboxylic acid groups (broad SMARTS) is 1. The Balaban J connectivity index is 2.24. The predicted octanol–water partition coefficient (Wildman–Crippen LogP) is -1.03. The maximum absolute atomic E-state index is 11.4. The zero-order chi connectivity index (χ0) is 15.0. The first kappa shape index (κ1) is 15.5. The fraction of sp³-hybridized carbons (Fsp3) is 0.455. The Bertz CT molecular complexity index is 459. The van der Waals surface area contributed by atoms with Crippen molar-refractivity contribution in [3.05, 3.63) is 18.2 Å². The van der Waals surface area contributed by atoms with Crippen molar-refractivity contribution < 1.29 is 19.5 Å². The molecule has 0 aromatic carbocycles. The number of aromatic nitrogens is 2. The molecule has 0 bridgehead atoms. The van der Waals surface area contributed by atoms with E-state index >= 15 is 0 Å². The van der Waals surface area contributed by atoms with Crippen molar-refractivity contribution >= 4 is 17.9 Å². The summed E-state index contributed by atoms with van der Waals surface area (Å²) in [5.41, 5.74) is 4.90. The first-order valence-electron chi connectivity index (χ1n) is 6.02. The molecular formula is C11H17N5O4. The minimum atomic E-state index is -1.32. The van der Waals surface area contributed by atoms with Crippen molar-refractivity contribution in [1.29, 1.82) is 0 Å². The zero-order valence-corrected chi connectivity index (χ0v) is 10.8. The number of nitrogens with two attached hydrogens (primary N) is 1. The number of hydrogen-bond acceptors (Lipinski definition) is 4. The summed E-state index contributed by atoms with van der Waals surface area (Å²) >= 11 is 0. The van der Waals surface area contributed by atoms with E-state index in [1.807, 2.05) is 0 Å². The van der Waals surface area contributed by atoms with Gasteiger partial charge in [0.15, 0.2) is 0 Å². The second-order valence-electron chi connectivity index (χ2n) is 4.10. The lowest BCUT2D eigenvalue weighted by Gasteiger charge is -2.13. The topological polar surface area (TPSA) is 150 Å². The van der Waals surface area contributed by atoms with Crippen molar-refractivity contribution in [2.75, 3.05) is 6.54 Å². The highest BCUT2D eigenvalue weighted by Gasteiger charge is 2.21. The number of carboxylic acids is 1. The highest BCUT2D eigenvalue weighted by Crippen LogP contribution is 1.94. The number of aryl methyl sites for hydroxylation is 1. The lowest BCUT2D eigenvalue weighted by molar-refractivity contribution is -0.140. The molecule has 1 aromatic rings. The van der Waals surface area contributed by atoms with Gasteiger partial charge >= 0.3 is 12.0 Å². The van der Waals surface area contributed by atoms with Gasteiger partial charge in [0, 0.05) is 25.4 Å². The maximum atomic E-state index is 11.4. The van der Waals surface area contributed by atoms with Crippen LogP contribution in [0.4, 0.5) is 4.79 Å². The number of aliphatic carboxylic acids is 1. The largest absolute Gasteiger partial charge is 0.480 e. The van der Waals surface area contributed by atoms with E-state index in [2.05, 4.69) is 20.6 Å². The van der Waals surface area contributed by atoms with E-state index < -0.39 is 30.4 Å². The van der Waals surface area contributed by atoms with E-state index in [0.29, 0.717) is 19.4 Å². The molecule has 1 aromatic heterocycles. The number of rotatable bonds is 8. The average molecular weight is 283 g/mol. The molecule has 0 unspecified atom stereocenters. The fourth-order valence-corrected chi connectivity index (χ4v) is 1.50. The number of carbonyl (C=O) groups is 3. The van der Waals surface area contributed by atoms with Crippen molar-refractivity contribution in [3.63, 3.8) is 0 Å². The van der Waals surface area contributed by atoms with Crippen LogP contribution in [0, 0.1) is 0 Å². The van der Waals surface area contributed by atoms with Crippen LogP contribution in [0.15, 0.2) is 12.4 Å². The van der Waals surface area contributed by atoms with E-state index in [4.69, 9.17) is 10.8 Å². The normalized spacial score (nSPS) is 11.6. The van der Waals surface area contributed by atoms with Gasteiger partial charge in [-0.15, -0.1) is 0 Å². The van der Waals surface area contributed by atoms with Crippen LogP contribution < -0.4 is 16.4 Å². The van der Waals surface area contributed by atoms with Gasteiger partial charge in [-0.25, -0.2) is 14.6 Å². The second-order valence-corrected chi connectivity index (χ2v) is 4.10. The monoisotopic (exact) mass is 283 g/mol. The standard InChI is InChI=1S/C11H17N5O4/c12-8(17)6-7(10(18)19)16-11(20)15-3-1-2-9-13-4-5-14-9/h4-5,7H,1-3,6H2,(H2,12,17)(H,13,14)(H,18,19)(H2,15,16,20)/t7-/m1/s1. The van der Waals surface area contributed by atoms with Gasteiger partial charge in [0.25, 0.3) is 0 Å². The summed E-state index contributed by atoms with van der Waals surface area (Å²) in [4.78, 5) is 39.8. The summed E-state index contributed by atoms with van der Waals surface area (Å²) in [6.07, 6.45) is 4.20. The quantitative estimate of drug-likeness (QED) is 0.386. The molecule has 3 amide bonds. The molecule has 1 atom stereocenters. The van der Waals surface area contributed by atoms with Gasteiger partial charge in [-0.05, 0) is 6.42 Å². The highest BCUT2D eigenvalue weighted by atomic mass is 16.4. The number of aromatic amines is 1. The van der Waals surface area contributed by atoms with Crippen molar-refractivity contribution in [1.82, 2.24) is 20.6 Å². The van der Waals surface area contributed by atoms with Crippen molar-refractivity contribution in [2.24, 2.45) is 5.73 Å². The van der Waals surface area contributed by atoms with Gasteiger partial charge < -0.3 is 26.5 Å². The number of amides is 3. The fourth-order valence-electron chi connectivity index (χ4n) is 1.50. The number of H-pyrrole nitrogens is 1. The Morgan fingerprint density at radius 1 is 1.45 bits per heavy atom. The van der Waals surface area contributed by atoms with E-state index in [-0.39, 0.29) is 0 Å². The van der Waals surface area contributed by atoms with Gasteiger partial charge in [0.05, 0.1) is 6.42 Å². The van der Waals surface area contributed by atoms with Crippen LogP contribution >= 0.6 is 0 Å². The Morgan fingerprint density at radius 2 is 2.20 bits per heavy atom. The van der Waals surface area contributed by atoms with Gasteiger partial charge in [-0.3, -0.25) is 4.79 Å². The molecule has 0 aliphatic heterocycles. The lowest BCUT2D eigenvalue weighted by atomic mass is 10.2. The Labute approximate surface area is 114 Å². The molecule has 9 heteroatoms. The predicted molar refractivity (Wildman–Crippen MR) is 68.7 cm³/mol. The van der Waals surface area contributed by atoms with Crippen molar-refractivity contribution in [3.8, 4) is 0 Å². The molecule has 0 saturated carbocycles. The summed E-state index contributed by atoms with van der Waals surface area (Å²) in [5, 5.41) is 13.5. The molecule has 110 valence electrons. The maximum Gasteiger partial charge on any atom is 0.326 e. The smallest absolute Gasteiger partial charge is 0.326 e. The summed E-state index contributed by atoms with van der Waals surface area (Å²) in [6.45, 7) is 0.357. The lowest BCUT2D eigenvalue weighted by Crippen LogP contribution is -2.47. The summed E-state index contributed by atoms with van der Waals surface area (Å²) in [7, 11) is 0. The van der Waals surface area contributed by atoms with Crippen molar-refractivity contribution in [2.45, 2.75) is 25.3 Å². The SMILES string of the molecule is NC(=O)C[C@@H](NC(=O)NCCCc1ncc[nH]1)C(=O)O. The van der Waals surface area contributed by atoms with Crippen LogP contribution in [0.25, 0.3) is 0 Å². The van der Waals surface area contributed by atoms with Crippen LogP contribution in [0.5, 0.6) is 0 Å². The Kier molecular flexibility index (Phi) is 6.01. The number of urea groups is 1. The Morgan fingerprint density at radius 3 is 2.75 bits per heavy atom. The molecule has 1 rings (SSSR count). The molecule has 0 saturated heterocycles. The summed E-state index contributed by atoms with van der Waals surface area (Å²) < 4.78 is 0. The number of nitrogens with zero attached hydrogens (tertiary/aromatic N) is 1. The van der Waals surface area contributed by atoms with E-state index in [1.165, 1.54) is 0 Å². The second kappa shape index (κ2) is 7.77. The molecule has 20 heavy (non-hydrogen) atoms. The first-order valence-corrected chi connectivity index (χ1v) is 6.02. The molecular weight excluding hydrogens is 266 g/mol. The van der Waals surface area contributed by atoms with Crippen LogP contribution in [-0.4, -0.2) is 45.6 Å². The zero-order valence-electron chi connectivity index (χ0n) is 10.8. The third-order valence-electron chi connectivity index (χ3n) is 2.44. The molecule has 0 aliphatic rings. The number of primary amides is 1. The Hall–Kier alpha value is -2.58. The number of nitrogens with one attached hydrogen (secondary N) is 3. The minimum absolute atomic E-state index is 0.357. The molecule has 9 nitrogen and oxygen atoms in total. The number of imidazole rings is 1. The van der Waals surface area contributed by atoms with Gasteiger partial charge in [0.2, 0.25) is 5.91 Å². The van der Waals surface area contributed by atoms with Crippen LogP contribution in [0.1, 0.15) is 18.7 Å². The molecule has 6 N–H and O–H groups in total. The highest BCUT2D eigenvalue weighted by molar-refractivity contribution is 5.87. The van der Waals surface area contributed by atoms with Crippen LogP contribution in [0.2, 0.25) is 0 Å². The minimum Gasteiger partial charge on any atom is -0.480 e. The van der Waals surface area contributed by atoms with E-state index in [1.54, 1.807) is 12.4 Å². The molecule has 0 aliphatic carbocycles. The van der Waals surface area contributed by atoms with E-state index in [9.17, 15) is 14.4 Å². The summed E-state index contributed by atoms with van der Waals surface area (Å²) in [6, 6.07) is -1.98. The summed E-state index contributed by atoms with van der Waals surface area (Å²) in [5.74, 6) is -1.30. The molecule has 0 fully saturated rings. The average Bonchev–Trinajstić information content (AvgIpc) is 2.86. The molecule has 1 heterocycles. The van der Waals surface area contributed by atoms with Crippen LogP contribution in [-0.2, 0) is 16.0 Å². The van der Waals surface area contributed by atoms with Gasteiger partial charge in [-0.2, -0.15) is 0 Å². The molecule has 0 spiro atoms. The third kappa shape index (κ3) is 5.85. The van der Waals surface area contributed by atoms with Gasteiger partial charge in [0.1, 0.15) is 11.9 Å².